The van der Waals surface area contributed by atoms with Crippen molar-refractivity contribution in [1.82, 2.24) is 15.1 Å². The van der Waals surface area contributed by atoms with Crippen LogP contribution in [0.3, 0.4) is 0 Å². The first-order valence-corrected chi connectivity index (χ1v) is 21.4. The van der Waals surface area contributed by atoms with E-state index in [1.807, 2.05) is 55.4 Å². The zero-order valence-electron chi connectivity index (χ0n) is 35.2. The summed E-state index contributed by atoms with van der Waals surface area (Å²) in [6.07, 6.45) is 9.99. The molecule has 56 heavy (non-hydrogen) atoms. The number of allylic oxidation sites excluding steroid dienone is 3. The highest BCUT2D eigenvalue weighted by Gasteiger charge is 2.69. The van der Waals surface area contributed by atoms with E-state index in [9.17, 15) is 19.5 Å². The van der Waals surface area contributed by atoms with Crippen LogP contribution in [0.25, 0.3) is 5.57 Å². The summed E-state index contributed by atoms with van der Waals surface area (Å²) < 4.78 is 0. The monoisotopic (exact) mass is 781 g/mol. The molecule has 2 aromatic carbocycles. The Hall–Kier alpha value is -3.42. The van der Waals surface area contributed by atoms with Crippen LogP contribution in [0.1, 0.15) is 121 Å². The molecule has 302 valence electrons. The lowest BCUT2D eigenvalue weighted by Crippen LogP contribution is -2.66. The van der Waals surface area contributed by atoms with Gasteiger partial charge in [-0.25, -0.2) is 9.59 Å². The number of carboxylic acids is 1. The summed E-state index contributed by atoms with van der Waals surface area (Å²) >= 11 is 6.22. The molecule has 0 aliphatic heterocycles. The number of Topliss-reactive ketones (excluding diaryl/α,β-unsaturated/α-hetero) is 1. The molecule has 7 rings (SSSR count). The van der Waals surface area contributed by atoms with Crippen molar-refractivity contribution in [3.05, 3.63) is 87.5 Å². The number of ketones is 1. The van der Waals surface area contributed by atoms with Gasteiger partial charge in [0.05, 0.1) is 11.1 Å². The van der Waals surface area contributed by atoms with Crippen LogP contribution >= 0.6 is 11.6 Å². The van der Waals surface area contributed by atoms with Crippen molar-refractivity contribution in [3.8, 4) is 0 Å². The number of nitrogens with zero attached hydrogens (tertiary/aromatic N) is 2. The first kappa shape index (κ1) is 40.8. The second-order valence-corrected chi connectivity index (χ2v) is 20.4. The number of carboxylic acid groups (broad SMARTS) is 1. The predicted molar refractivity (Wildman–Crippen MR) is 225 cm³/mol. The lowest BCUT2D eigenvalue weighted by molar-refractivity contribution is -0.194. The van der Waals surface area contributed by atoms with Gasteiger partial charge in [0, 0.05) is 31.1 Å². The summed E-state index contributed by atoms with van der Waals surface area (Å²) in [4.78, 5) is 44.5. The number of halogens is 1. The van der Waals surface area contributed by atoms with Crippen molar-refractivity contribution in [2.75, 3.05) is 27.2 Å². The van der Waals surface area contributed by atoms with Crippen molar-refractivity contribution in [1.29, 1.82) is 0 Å². The number of fused-ring (bicyclic) bond motifs is 7. The van der Waals surface area contributed by atoms with Crippen molar-refractivity contribution < 1.29 is 19.5 Å². The number of hydrogen-bond acceptors (Lipinski definition) is 4. The summed E-state index contributed by atoms with van der Waals surface area (Å²) in [5.41, 5.74) is 5.45. The molecule has 2 N–H and O–H groups in total. The van der Waals surface area contributed by atoms with E-state index in [0.29, 0.717) is 41.9 Å². The van der Waals surface area contributed by atoms with E-state index in [4.69, 9.17) is 11.6 Å². The molecule has 0 aromatic heterocycles. The molecule has 3 saturated carbocycles. The molecule has 7 nitrogen and oxygen atoms in total. The van der Waals surface area contributed by atoms with Crippen LogP contribution in [0.2, 0.25) is 5.02 Å². The van der Waals surface area contributed by atoms with Gasteiger partial charge < -0.3 is 20.2 Å². The summed E-state index contributed by atoms with van der Waals surface area (Å²) in [6.45, 7) is 18.6. The maximum Gasteiger partial charge on any atom is 0.335 e. The van der Waals surface area contributed by atoms with Crippen molar-refractivity contribution >= 4 is 35.0 Å². The van der Waals surface area contributed by atoms with Gasteiger partial charge >= 0.3 is 12.0 Å². The molecule has 0 saturated heterocycles. The first-order valence-electron chi connectivity index (χ1n) is 21.1. The van der Waals surface area contributed by atoms with Crippen LogP contribution in [0.5, 0.6) is 0 Å². The van der Waals surface area contributed by atoms with Crippen molar-refractivity contribution in [3.63, 3.8) is 0 Å². The Morgan fingerprint density at radius 3 is 2.18 bits per heavy atom. The van der Waals surface area contributed by atoms with Gasteiger partial charge in [-0.2, -0.15) is 0 Å². The minimum atomic E-state index is -0.895. The minimum absolute atomic E-state index is 0.0209. The van der Waals surface area contributed by atoms with Gasteiger partial charge in [0.1, 0.15) is 0 Å². The number of hydrogen-bond donors (Lipinski definition) is 2. The standard InChI is InChI=1S/C48H64ClN3O4/c1-30(2)40-37(53)28-48(50-43(56)52(27-26-51(8)9)29-31-10-16-34(49)17-11-31)25-24-46(6)36(41(40)48)18-19-39-45(5)22-20-35(32-12-14-33(15-13-32)42(54)55)44(3,4)38(45)21-23-47(39,46)7/h10-17,20,30,36,38-39H,18-19,21-29H2,1-9H3,(H,50,56)(H,54,55)/t36?,38?,39?,45-,46+,47+,48+/m0/s1. The summed E-state index contributed by atoms with van der Waals surface area (Å²) in [5.74, 6) is 0.634. The van der Waals surface area contributed by atoms with E-state index < -0.39 is 11.5 Å². The highest BCUT2D eigenvalue weighted by molar-refractivity contribution is 6.30. The number of carbonyl (C=O) groups is 3. The number of likely N-dealkylation sites (N-methyl/N-ethyl adjacent to an activating group) is 1. The number of aromatic carboxylic acids is 1. The quantitative estimate of drug-likeness (QED) is 0.264. The fourth-order valence-electron chi connectivity index (χ4n) is 13.3. The maximum absolute atomic E-state index is 14.6. The highest BCUT2D eigenvalue weighted by Crippen LogP contribution is 2.76. The molecule has 0 radical (unpaired) electrons. The third-order valence-corrected chi connectivity index (χ3v) is 16.4. The van der Waals surface area contributed by atoms with Gasteiger partial charge in [0.2, 0.25) is 0 Å². The molecule has 2 aromatic rings. The Morgan fingerprint density at radius 1 is 0.875 bits per heavy atom. The second-order valence-electron chi connectivity index (χ2n) is 20.0. The minimum Gasteiger partial charge on any atom is -0.478 e. The number of urea groups is 1. The molecule has 5 aliphatic rings. The van der Waals surface area contributed by atoms with E-state index in [0.717, 1.165) is 68.2 Å². The number of rotatable bonds is 9. The first-order chi connectivity index (χ1) is 26.3. The molecule has 0 spiro atoms. The molecular weight excluding hydrogens is 718 g/mol. The molecule has 0 heterocycles. The number of benzene rings is 2. The normalized spacial score (nSPS) is 33.3. The number of nitrogens with one attached hydrogen (secondary N) is 1. The lowest BCUT2D eigenvalue weighted by atomic mass is 9.33. The van der Waals surface area contributed by atoms with Gasteiger partial charge in [-0.15, -0.1) is 0 Å². The van der Waals surface area contributed by atoms with Crippen molar-refractivity contribution in [2.24, 2.45) is 45.3 Å². The van der Waals surface area contributed by atoms with Crippen LogP contribution in [0.4, 0.5) is 4.79 Å². The van der Waals surface area contributed by atoms with Gasteiger partial charge in [0.15, 0.2) is 5.78 Å². The van der Waals surface area contributed by atoms with E-state index in [-0.39, 0.29) is 45.3 Å². The van der Waals surface area contributed by atoms with E-state index in [1.54, 1.807) is 12.1 Å². The van der Waals surface area contributed by atoms with Gasteiger partial charge in [0.25, 0.3) is 0 Å². The molecule has 5 aliphatic carbocycles. The summed E-state index contributed by atoms with van der Waals surface area (Å²) in [6, 6.07) is 15.1. The fraction of sp³-hybridized carbons (Fsp3) is 0.604. The van der Waals surface area contributed by atoms with Crippen LogP contribution in [0.15, 0.2) is 65.8 Å². The van der Waals surface area contributed by atoms with Gasteiger partial charge in [-0.1, -0.05) is 90.4 Å². The van der Waals surface area contributed by atoms with E-state index >= 15 is 0 Å². The lowest BCUT2D eigenvalue weighted by Gasteiger charge is -2.71. The summed E-state index contributed by atoms with van der Waals surface area (Å²) in [5, 5.41) is 13.8. The predicted octanol–water partition coefficient (Wildman–Crippen LogP) is 10.5. The zero-order chi connectivity index (χ0) is 40.6. The SMILES string of the molecule is CC(C)C1=C2C3CCC4[C@@]5(C)CC=C(c6ccc(C(=O)O)cc6)C(C)(C)C5CC[C@@]4(C)[C@]3(C)CC[C@@]2(NC(=O)N(CCN(C)C)Cc2ccc(Cl)cc2)CC1=O. The number of amides is 2. The van der Waals surface area contributed by atoms with Gasteiger partial charge in [-0.3, -0.25) is 4.79 Å². The molecule has 0 bridgehead atoms. The van der Waals surface area contributed by atoms with E-state index in [2.05, 4.69) is 64.8 Å². The van der Waals surface area contributed by atoms with Crippen LogP contribution in [-0.4, -0.2) is 65.4 Å². The third kappa shape index (κ3) is 6.47. The van der Waals surface area contributed by atoms with E-state index in [1.165, 1.54) is 11.1 Å². The topological polar surface area (TPSA) is 89.9 Å². The molecular formula is C48H64ClN3O4. The summed E-state index contributed by atoms with van der Waals surface area (Å²) in [7, 11) is 4.06. The second kappa shape index (κ2) is 14.4. The van der Waals surface area contributed by atoms with Crippen molar-refractivity contribution in [2.45, 2.75) is 112 Å². The van der Waals surface area contributed by atoms with Gasteiger partial charge in [-0.05, 0) is 156 Å². The third-order valence-electron chi connectivity index (χ3n) is 16.2. The maximum atomic E-state index is 14.6. The Morgan fingerprint density at radius 2 is 1.55 bits per heavy atom. The Kier molecular flexibility index (Phi) is 10.5. The number of carbonyl (C=O) groups excluding carboxylic acids is 2. The molecule has 8 heteroatoms. The molecule has 7 atom stereocenters. The Bertz CT molecular complexity index is 1950. The average Bonchev–Trinajstić information content (AvgIpc) is 3.42. The van der Waals surface area contributed by atoms with Crippen LogP contribution in [-0.2, 0) is 11.3 Å². The fourth-order valence-corrected chi connectivity index (χ4v) is 13.4. The Labute approximate surface area is 340 Å². The molecule has 2 amide bonds. The van der Waals surface area contributed by atoms with Crippen LogP contribution < -0.4 is 5.32 Å². The largest absolute Gasteiger partial charge is 0.478 e. The molecule has 3 fully saturated rings. The smallest absolute Gasteiger partial charge is 0.335 e. The Balaban J connectivity index is 1.21. The van der Waals surface area contributed by atoms with Crippen LogP contribution in [0, 0.1) is 45.3 Å². The zero-order valence-corrected chi connectivity index (χ0v) is 36.0. The average molecular weight is 783 g/mol. The highest BCUT2D eigenvalue weighted by atomic mass is 35.5. The molecule has 3 unspecified atom stereocenters.